The van der Waals surface area contributed by atoms with Gasteiger partial charge in [0.05, 0.1) is 29.2 Å². The smallest absolute Gasteiger partial charge is 0.410 e. The average molecular weight is 613 g/mol. The summed E-state index contributed by atoms with van der Waals surface area (Å²) in [5.41, 5.74) is 0.384. The zero-order valence-electron chi connectivity index (χ0n) is 24.9. The standard InChI is InChI=1S/C29H37FN8O4S/c1-6-37-15-21(14-31-37)32-27-34-25(33-23-17-36(13-12-19(23)2)28(39)42-29(3,4)5)24-22(30)16-38(26(24)35-27)43(40,41)18-20-10-8-7-9-11-20/h7-11,14-16,19,23H,6,12-13,17-18H2,1-5H3,(H2,32,33,34,35)/t19-,23+/m1/s1. The fourth-order valence-corrected chi connectivity index (χ4v) is 6.34. The van der Waals surface area contributed by atoms with Crippen LogP contribution < -0.4 is 10.6 Å². The van der Waals surface area contributed by atoms with Crippen molar-refractivity contribution in [2.75, 3.05) is 23.7 Å². The van der Waals surface area contributed by atoms with Gasteiger partial charge in [0.15, 0.2) is 11.5 Å². The van der Waals surface area contributed by atoms with Crippen molar-refractivity contribution in [2.24, 2.45) is 5.92 Å². The fraction of sp³-hybridized carbons (Fsp3) is 0.448. The molecule has 1 aliphatic rings. The zero-order chi connectivity index (χ0) is 30.9. The van der Waals surface area contributed by atoms with Gasteiger partial charge in [0.25, 0.3) is 0 Å². The van der Waals surface area contributed by atoms with Crippen LogP contribution in [-0.4, -0.2) is 67.9 Å². The number of likely N-dealkylation sites (tertiary alicyclic amines) is 1. The van der Waals surface area contributed by atoms with Crippen LogP contribution in [0.4, 0.5) is 26.6 Å². The first kappa shape index (κ1) is 30.3. The van der Waals surface area contributed by atoms with Gasteiger partial charge in [0.2, 0.25) is 16.0 Å². The maximum Gasteiger partial charge on any atom is 0.410 e. The minimum Gasteiger partial charge on any atom is -0.444 e. The van der Waals surface area contributed by atoms with Crippen molar-refractivity contribution in [1.82, 2.24) is 28.6 Å². The topological polar surface area (TPSA) is 136 Å². The van der Waals surface area contributed by atoms with Crippen LogP contribution in [0.2, 0.25) is 0 Å². The molecule has 43 heavy (non-hydrogen) atoms. The number of ether oxygens (including phenoxy) is 1. The van der Waals surface area contributed by atoms with Gasteiger partial charge in [-0.05, 0) is 45.6 Å². The molecule has 0 saturated carbocycles. The summed E-state index contributed by atoms with van der Waals surface area (Å²) in [5, 5.41) is 10.6. The highest BCUT2D eigenvalue weighted by molar-refractivity contribution is 7.89. The van der Waals surface area contributed by atoms with Crippen LogP contribution in [0.15, 0.2) is 48.9 Å². The summed E-state index contributed by atoms with van der Waals surface area (Å²) < 4.78 is 50.9. The van der Waals surface area contributed by atoms with Gasteiger partial charge in [-0.2, -0.15) is 15.1 Å². The third-order valence-electron chi connectivity index (χ3n) is 7.21. The molecule has 4 heterocycles. The van der Waals surface area contributed by atoms with E-state index < -0.39 is 27.5 Å². The molecular formula is C29H37FN8O4S. The Hall–Kier alpha value is -4.20. The molecule has 0 aliphatic carbocycles. The Kier molecular flexibility index (Phi) is 8.32. The number of piperidine rings is 1. The molecule has 230 valence electrons. The Morgan fingerprint density at radius 2 is 1.91 bits per heavy atom. The first-order valence-corrected chi connectivity index (χ1v) is 15.8. The lowest BCUT2D eigenvalue weighted by Crippen LogP contribution is -2.50. The molecule has 2 atom stereocenters. The van der Waals surface area contributed by atoms with Crippen LogP contribution >= 0.6 is 0 Å². The molecule has 0 radical (unpaired) electrons. The molecule has 2 N–H and O–H groups in total. The minimum absolute atomic E-state index is 0.0620. The number of anilines is 3. The summed E-state index contributed by atoms with van der Waals surface area (Å²) in [6.45, 7) is 10.9. The van der Waals surface area contributed by atoms with Crippen molar-refractivity contribution >= 4 is 44.6 Å². The molecule has 12 nitrogen and oxygen atoms in total. The second kappa shape index (κ2) is 11.8. The van der Waals surface area contributed by atoms with E-state index >= 15 is 4.39 Å². The maximum atomic E-state index is 15.7. The number of nitrogens with one attached hydrogen (secondary N) is 2. The molecule has 3 aromatic heterocycles. The molecule has 4 aromatic rings. The van der Waals surface area contributed by atoms with Crippen LogP contribution in [0.1, 0.15) is 46.6 Å². The van der Waals surface area contributed by atoms with E-state index in [1.807, 2.05) is 34.6 Å². The van der Waals surface area contributed by atoms with Crippen molar-refractivity contribution in [2.45, 2.75) is 65.0 Å². The molecule has 5 rings (SSSR count). The second-order valence-corrected chi connectivity index (χ2v) is 13.6. The normalized spacial score (nSPS) is 17.7. The Bertz CT molecular complexity index is 1720. The number of aryl methyl sites for hydroxylation is 1. The molecule has 0 spiro atoms. The summed E-state index contributed by atoms with van der Waals surface area (Å²) in [5.74, 6) is -0.862. The monoisotopic (exact) mass is 612 g/mol. The van der Waals surface area contributed by atoms with E-state index in [0.29, 0.717) is 37.3 Å². The number of hydrogen-bond acceptors (Lipinski definition) is 9. The Morgan fingerprint density at radius 3 is 2.58 bits per heavy atom. The highest BCUT2D eigenvalue weighted by Gasteiger charge is 2.33. The van der Waals surface area contributed by atoms with E-state index in [4.69, 9.17) is 4.74 Å². The summed E-state index contributed by atoms with van der Waals surface area (Å²) in [6, 6.07) is 8.35. The largest absolute Gasteiger partial charge is 0.444 e. The van der Waals surface area contributed by atoms with Gasteiger partial charge in [-0.25, -0.2) is 21.6 Å². The number of rotatable bonds is 8. The van der Waals surface area contributed by atoms with Crippen LogP contribution in [0.5, 0.6) is 0 Å². The second-order valence-electron chi connectivity index (χ2n) is 11.8. The van der Waals surface area contributed by atoms with Crippen molar-refractivity contribution in [3.05, 3.63) is 60.3 Å². The number of halogens is 1. The van der Waals surface area contributed by atoms with Crippen molar-refractivity contribution in [3.63, 3.8) is 0 Å². The van der Waals surface area contributed by atoms with E-state index in [1.165, 1.54) is 0 Å². The van der Waals surface area contributed by atoms with Crippen LogP contribution in [0.25, 0.3) is 11.0 Å². The molecule has 1 amide bonds. The van der Waals surface area contributed by atoms with Crippen LogP contribution in [0.3, 0.4) is 0 Å². The van der Waals surface area contributed by atoms with Gasteiger partial charge in [-0.15, -0.1) is 0 Å². The molecular weight excluding hydrogens is 575 g/mol. The highest BCUT2D eigenvalue weighted by Crippen LogP contribution is 2.32. The average Bonchev–Trinajstić information content (AvgIpc) is 3.53. The number of fused-ring (bicyclic) bond motifs is 1. The predicted octanol–water partition coefficient (Wildman–Crippen LogP) is 4.97. The van der Waals surface area contributed by atoms with E-state index in [0.717, 1.165) is 10.2 Å². The SMILES string of the molecule is CCn1cc(Nc2nc(N[C@H]3CN(C(=O)OC(C)(C)C)CC[C@H]3C)c3c(F)cn(S(=O)(=O)Cc4ccccc4)c3n2)cn1. The maximum absolute atomic E-state index is 15.7. The Labute approximate surface area is 250 Å². The zero-order valence-corrected chi connectivity index (χ0v) is 25.7. The number of carbonyl (C=O) groups excluding carboxylic acids is 1. The number of benzene rings is 1. The van der Waals surface area contributed by atoms with E-state index in [1.54, 1.807) is 52.3 Å². The lowest BCUT2D eigenvalue weighted by Gasteiger charge is -2.38. The number of amides is 1. The first-order chi connectivity index (χ1) is 20.3. The van der Waals surface area contributed by atoms with Crippen LogP contribution in [-0.2, 0) is 27.1 Å². The molecule has 0 bridgehead atoms. The lowest BCUT2D eigenvalue weighted by atomic mass is 9.93. The molecule has 1 saturated heterocycles. The number of aromatic nitrogens is 5. The summed E-state index contributed by atoms with van der Waals surface area (Å²) in [7, 11) is -4.06. The van der Waals surface area contributed by atoms with E-state index in [9.17, 15) is 13.2 Å². The van der Waals surface area contributed by atoms with Gasteiger partial charge in [0.1, 0.15) is 11.4 Å². The van der Waals surface area contributed by atoms with Gasteiger partial charge < -0.3 is 20.3 Å². The third kappa shape index (κ3) is 6.90. The third-order valence-corrected chi connectivity index (χ3v) is 8.78. The number of nitrogens with zero attached hydrogens (tertiary/aromatic N) is 6. The molecule has 0 unspecified atom stereocenters. The Balaban J connectivity index is 1.54. The van der Waals surface area contributed by atoms with E-state index in [2.05, 4.69) is 25.7 Å². The van der Waals surface area contributed by atoms with Gasteiger partial charge >= 0.3 is 6.09 Å². The summed E-state index contributed by atoms with van der Waals surface area (Å²) in [6.07, 6.45) is 4.53. The lowest BCUT2D eigenvalue weighted by molar-refractivity contribution is 0.0176. The molecule has 1 aromatic carbocycles. The first-order valence-electron chi connectivity index (χ1n) is 14.2. The fourth-order valence-electron chi connectivity index (χ4n) is 4.94. The molecule has 1 aliphatic heterocycles. The number of hydrogen-bond donors (Lipinski definition) is 2. The molecule has 1 fully saturated rings. The van der Waals surface area contributed by atoms with Gasteiger partial charge in [0, 0.05) is 31.9 Å². The van der Waals surface area contributed by atoms with Gasteiger partial charge in [-0.1, -0.05) is 37.3 Å². The summed E-state index contributed by atoms with van der Waals surface area (Å²) in [4.78, 5) is 23.5. The highest BCUT2D eigenvalue weighted by atomic mass is 32.2. The number of carbonyl (C=O) groups is 1. The quantitative estimate of drug-likeness (QED) is 0.283. The molecule has 14 heteroatoms. The van der Waals surface area contributed by atoms with Gasteiger partial charge in [-0.3, -0.25) is 4.68 Å². The Morgan fingerprint density at radius 1 is 1.16 bits per heavy atom. The minimum atomic E-state index is -4.06. The van der Waals surface area contributed by atoms with Crippen molar-refractivity contribution in [1.29, 1.82) is 0 Å². The predicted molar refractivity (Wildman–Crippen MR) is 162 cm³/mol. The summed E-state index contributed by atoms with van der Waals surface area (Å²) >= 11 is 0. The van der Waals surface area contributed by atoms with Crippen LogP contribution in [0, 0.1) is 11.7 Å². The van der Waals surface area contributed by atoms with Crippen molar-refractivity contribution in [3.8, 4) is 0 Å². The van der Waals surface area contributed by atoms with Crippen molar-refractivity contribution < 1.29 is 22.3 Å². The van der Waals surface area contributed by atoms with E-state index in [-0.39, 0.29) is 40.5 Å².